The number of nitrogens with zero attached hydrogens (tertiary/aromatic N) is 2. The van der Waals surface area contributed by atoms with Crippen LogP contribution in [0.25, 0.3) is 11.0 Å². The van der Waals surface area contributed by atoms with Crippen LogP contribution in [0.5, 0.6) is 5.75 Å². The van der Waals surface area contributed by atoms with Crippen LogP contribution in [-0.2, 0) is 24.2 Å². The zero-order valence-corrected chi connectivity index (χ0v) is 21.9. The van der Waals surface area contributed by atoms with Crippen LogP contribution < -0.4 is 10.1 Å². The van der Waals surface area contributed by atoms with Crippen molar-refractivity contribution in [2.75, 3.05) is 13.2 Å². The minimum absolute atomic E-state index is 0.00806. The first-order valence-electron chi connectivity index (χ1n) is 12.7. The Balaban J connectivity index is 1.25. The van der Waals surface area contributed by atoms with E-state index in [4.69, 9.17) is 21.3 Å². The van der Waals surface area contributed by atoms with E-state index >= 15 is 0 Å². The summed E-state index contributed by atoms with van der Waals surface area (Å²) in [5, 5.41) is 3.64. The van der Waals surface area contributed by atoms with Crippen LogP contribution in [0.2, 0.25) is 5.02 Å². The molecule has 4 rings (SSSR count). The molecule has 36 heavy (non-hydrogen) atoms. The van der Waals surface area contributed by atoms with Crippen molar-refractivity contribution in [3.8, 4) is 5.75 Å². The van der Waals surface area contributed by atoms with Crippen molar-refractivity contribution in [1.29, 1.82) is 0 Å². The first-order chi connectivity index (χ1) is 17.5. The summed E-state index contributed by atoms with van der Waals surface area (Å²) in [5.74, 6) is 2.03. The number of carbonyl (C=O) groups is 1. The van der Waals surface area contributed by atoms with Crippen LogP contribution >= 0.6 is 11.6 Å². The summed E-state index contributed by atoms with van der Waals surface area (Å²) in [6.07, 6.45) is 4.18. The average Bonchev–Trinajstić information content (AvgIpc) is 3.21. The minimum Gasteiger partial charge on any atom is -0.491 e. The molecule has 1 aromatic heterocycles. The molecule has 0 saturated carbocycles. The fourth-order valence-electron chi connectivity index (χ4n) is 4.46. The van der Waals surface area contributed by atoms with Gasteiger partial charge in [-0.2, -0.15) is 0 Å². The monoisotopic (exact) mass is 503 g/mol. The molecule has 6 heteroatoms. The molecule has 0 bridgehead atoms. The third kappa shape index (κ3) is 6.88. The van der Waals surface area contributed by atoms with Crippen molar-refractivity contribution in [2.45, 2.75) is 52.5 Å². The van der Waals surface area contributed by atoms with Gasteiger partial charge in [-0.25, -0.2) is 4.98 Å². The van der Waals surface area contributed by atoms with Crippen LogP contribution in [0.1, 0.15) is 41.8 Å². The predicted molar refractivity (Wildman–Crippen MR) is 147 cm³/mol. The number of hydrogen-bond donors (Lipinski definition) is 1. The lowest BCUT2D eigenvalue weighted by molar-refractivity contribution is -0.120. The Bertz CT molecular complexity index is 1310. The highest BCUT2D eigenvalue weighted by Gasteiger charge is 2.11. The highest BCUT2D eigenvalue weighted by Crippen LogP contribution is 2.21. The number of carbonyl (C=O) groups excluding carboxylic acids is 1. The van der Waals surface area contributed by atoms with Crippen LogP contribution in [0.4, 0.5) is 0 Å². The molecule has 0 aliphatic rings. The van der Waals surface area contributed by atoms with Gasteiger partial charge in [-0.05, 0) is 62.1 Å². The topological polar surface area (TPSA) is 56.1 Å². The van der Waals surface area contributed by atoms with Gasteiger partial charge in [-0.15, -0.1) is 0 Å². The van der Waals surface area contributed by atoms with E-state index in [1.807, 2.05) is 36.4 Å². The third-order valence-electron chi connectivity index (χ3n) is 6.34. The van der Waals surface area contributed by atoms with Crippen molar-refractivity contribution in [3.63, 3.8) is 0 Å². The Morgan fingerprint density at radius 2 is 1.81 bits per heavy atom. The lowest BCUT2D eigenvalue weighted by Crippen LogP contribution is -2.26. The lowest BCUT2D eigenvalue weighted by Gasteiger charge is -2.13. The van der Waals surface area contributed by atoms with Crippen molar-refractivity contribution in [1.82, 2.24) is 14.9 Å². The average molecular weight is 504 g/mol. The number of halogens is 1. The lowest BCUT2D eigenvalue weighted by atomic mass is 10.1. The number of ether oxygens (including phenoxy) is 1. The Kier molecular flexibility index (Phi) is 9.01. The molecule has 0 aliphatic carbocycles. The summed E-state index contributed by atoms with van der Waals surface area (Å²) in [6.45, 7) is 6.19. The SMILES string of the molecule is Cc1ccc(OCCn2c(CCCCCNC(=O)Cc3ccccc3Cl)nc3ccccc32)c(C)c1. The van der Waals surface area contributed by atoms with Gasteiger partial charge in [0.2, 0.25) is 5.91 Å². The molecule has 0 radical (unpaired) electrons. The molecule has 0 unspecified atom stereocenters. The molecule has 0 spiro atoms. The Labute approximate surface area is 218 Å². The fraction of sp³-hybridized carbons (Fsp3) is 0.333. The Morgan fingerprint density at radius 1 is 1.00 bits per heavy atom. The predicted octanol–water partition coefficient (Wildman–Crippen LogP) is 6.46. The number of amides is 1. The molecule has 3 aromatic carbocycles. The number of imidazole rings is 1. The van der Waals surface area contributed by atoms with Crippen molar-refractivity contribution in [2.24, 2.45) is 0 Å². The second-order valence-corrected chi connectivity index (χ2v) is 9.62. The van der Waals surface area contributed by atoms with Crippen LogP contribution in [-0.4, -0.2) is 28.6 Å². The molecular weight excluding hydrogens is 470 g/mol. The standard InChI is InChI=1S/C30H34ClN3O2/c1-22-15-16-28(23(2)20-22)36-19-18-34-27-13-8-7-12-26(27)33-29(34)14-4-3-9-17-32-30(35)21-24-10-5-6-11-25(24)31/h5-8,10-13,15-16,20H,3-4,9,14,17-19,21H2,1-2H3,(H,32,35). The number of aryl methyl sites for hydroxylation is 3. The Hall–Kier alpha value is -3.31. The molecule has 1 amide bonds. The zero-order valence-electron chi connectivity index (χ0n) is 21.1. The van der Waals surface area contributed by atoms with E-state index in [0.29, 0.717) is 24.6 Å². The maximum absolute atomic E-state index is 12.2. The van der Waals surface area contributed by atoms with Gasteiger partial charge in [-0.1, -0.05) is 66.0 Å². The third-order valence-corrected chi connectivity index (χ3v) is 6.71. The number of aromatic nitrogens is 2. The number of nitrogens with one attached hydrogen (secondary N) is 1. The Morgan fingerprint density at radius 3 is 2.64 bits per heavy atom. The molecule has 0 fully saturated rings. The number of fused-ring (bicyclic) bond motifs is 1. The second-order valence-electron chi connectivity index (χ2n) is 9.21. The quantitative estimate of drug-likeness (QED) is 0.226. The van der Waals surface area contributed by atoms with Crippen LogP contribution in [0.3, 0.4) is 0 Å². The number of para-hydroxylation sites is 2. The maximum atomic E-state index is 12.2. The van der Waals surface area contributed by atoms with Crippen molar-refractivity contribution >= 4 is 28.5 Å². The molecule has 1 heterocycles. The van der Waals surface area contributed by atoms with Gasteiger partial charge in [0.05, 0.1) is 24.0 Å². The summed E-state index contributed by atoms with van der Waals surface area (Å²) < 4.78 is 8.38. The first-order valence-corrected chi connectivity index (χ1v) is 13.0. The van der Waals surface area contributed by atoms with Crippen LogP contribution in [0, 0.1) is 13.8 Å². The minimum atomic E-state index is 0.00806. The molecule has 0 atom stereocenters. The molecule has 1 N–H and O–H groups in total. The molecule has 0 saturated heterocycles. The summed E-state index contributed by atoms with van der Waals surface area (Å²) in [7, 11) is 0. The summed E-state index contributed by atoms with van der Waals surface area (Å²) in [5.41, 5.74) is 5.42. The first kappa shape index (κ1) is 25.8. The largest absolute Gasteiger partial charge is 0.491 e. The second kappa shape index (κ2) is 12.6. The molecule has 188 valence electrons. The van der Waals surface area contributed by atoms with Gasteiger partial charge < -0.3 is 14.6 Å². The van der Waals surface area contributed by atoms with E-state index in [1.165, 1.54) is 5.56 Å². The molecule has 5 nitrogen and oxygen atoms in total. The van der Waals surface area contributed by atoms with Gasteiger partial charge in [-0.3, -0.25) is 4.79 Å². The van der Waals surface area contributed by atoms with E-state index < -0.39 is 0 Å². The maximum Gasteiger partial charge on any atom is 0.224 e. The van der Waals surface area contributed by atoms with Gasteiger partial charge >= 0.3 is 0 Å². The van der Waals surface area contributed by atoms with E-state index in [0.717, 1.165) is 66.0 Å². The van der Waals surface area contributed by atoms with Gasteiger partial charge in [0.15, 0.2) is 0 Å². The number of benzene rings is 3. The summed E-state index contributed by atoms with van der Waals surface area (Å²) >= 11 is 6.15. The smallest absolute Gasteiger partial charge is 0.224 e. The van der Waals surface area contributed by atoms with Gasteiger partial charge in [0.1, 0.15) is 18.2 Å². The van der Waals surface area contributed by atoms with E-state index in [-0.39, 0.29) is 5.91 Å². The highest BCUT2D eigenvalue weighted by molar-refractivity contribution is 6.31. The van der Waals surface area contributed by atoms with Gasteiger partial charge in [0, 0.05) is 18.0 Å². The van der Waals surface area contributed by atoms with E-state index in [1.54, 1.807) is 0 Å². The van der Waals surface area contributed by atoms with Gasteiger partial charge in [0.25, 0.3) is 0 Å². The van der Waals surface area contributed by atoms with Crippen LogP contribution in [0.15, 0.2) is 66.7 Å². The highest BCUT2D eigenvalue weighted by atomic mass is 35.5. The number of rotatable bonds is 12. The van der Waals surface area contributed by atoms with E-state index in [2.05, 4.69) is 54.1 Å². The normalized spacial score (nSPS) is 11.1. The molecule has 4 aromatic rings. The number of hydrogen-bond acceptors (Lipinski definition) is 3. The molecule has 0 aliphatic heterocycles. The number of unbranched alkanes of at least 4 members (excludes halogenated alkanes) is 2. The van der Waals surface area contributed by atoms with Crippen molar-refractivity contribution in [3.05, 3.63) is 94.3 Å². The van der Waals surface area contributed by atoms with Crippen molar-refractivity contribution < 1.29 is 9.53 Å². The molecular formula is C30H34ClN3O2. The zero-order chi connectivity index (χ0) is 25.3. The van der Waals surface area contributed by atoms with E-state index in [9.17, 15) is 4.79 Å². The fourth-order valence-corrected chi connectivity index (χ4v) is 4.67. The summed E-state index contributed by atoms with van der Waals surface area (Å²) in [6, 6.07) is 22.0. The summed E-state index contributed by atoms with van der Waals surface area (Å²) in [4.78, 5) is 17.1.